The standard InChI is InChI=1S/C32H49FO/c1-3-5-6-7-8-9-24-10-11-29-22-28(17-16-27(29)21-24)25-12-14-26(15-13-25)30-18-19-32(31(33)23-30)34-20-4-2/h4,18-19,23-29H,2-3,5-17,20-22H2,1H3. The molecule has 3 aliphatic carbocycles. The second-order valence-electron chi connectivity index (χ2n) is 11.9. The summed E-state index contributed by atoms with van der Waals surface area (Å²) in [6.45, 7) is 6.30. The van der Waals surface area contributed by atoms with Crippen LogP contribution >= 0.6 is 0 Å². The average Bonchev–Trinajstić information content (AvgIpc) is 2.87. The Hall–Kier alpha value is -1.31. The highest BCUT2D eigenvalue weighted by atomic mass is 19.1. The molecule has 1 nitrogen and oxygen atoms in total. The zero-order valence-corrected chi connectivity index (χ0v) is 21.8. The van der Waals surface area contributed by atoms with Crippen LogP contribution in [0.2, 0.25) is 0 Å². The lowest BCUT2D eigenvalue weighted by atomic mass is 9.60. The van der Waals surface area contributed by atoms with E-state index in [2.05, 4.69) is 19.6 Å². The van der Waals surface area contributed by atoms with Crippen molar-refractivity contribution in [2.75, 3.05) is 6.61 Å². The molecule has 0 saturated heterocycles. The van der Waals surface area contributed by atoms with Crippen LogP contribution in [0.1, 0.15) is 121 Å². The fourth-order valence-electron chi connectivity index (χ4n) is 7.71. The smallest absolute Gasteiger partial charge is 0.165 e. The highest BCUT2D eigenvalue weighted by molar-refractivity contribution is 5.31. The van der Waals surface area contributed by atoms with E-state index in [1.165, 1.54) is 108 Å². The molecule has 4 atom stereocenters. The first-order valence-electron chi connectivity index (χ1n) is 14.7. The molecule has 3 aliphatic rings. The zero-order chi connectivity index (χ0) is 23.8. The molecule has 4 rings (SSSR count). The summed E-state index contributed by atoms with van der Waals surface area (Å²) < 4.78 is 19.9. The Kier molecular flexibility index (Phi) is 9.95. The number of ether oxygens (including phenoxy) is 1. The van der Waals surface area contributed by atoms with Crippen molar-refractivity contribution in [2.24, 2.45) is 29.6 Å². The van der Waals surface area contributed by atoms with E-state index in [9.17, 15) is 4.39 Å². The second kappa shape index (κ2) is 13.1. The molecule has 3 fully saturated rings. The van der Waals surface area contributed by atoms with Gasteiger partial charge in [0.2, 0.25) is 0 Å². The predicted octanol–water partition coefficient (Wildman–Crippen LogP) is 9.86. The average molecular weight is 469 g/mol. The summed E-state index contributed by atoms with van der Waals surface area (Å²) in [6, 6.07) is 5.61. The maximum Gasteiger partial charge on any atom is 0.165 e. The van der Waals surface area contributed by atoms with Crippen molar-refractivity contribution in [3.05, 3.63) is 42.2 Å². The molecular formula is C32H49FO. The van der Waals surface area contributed by atoms with Crippen LogP contribution in [0.5, 0.6) is 5.75 Å². The molecule has 0 amide bonds. The van der Waals surface area contributed by atoms with Crippen molar-refractivity contribution in [2.45, 2.75) is 116 Å². The van der Waals surface area contributed by atoms with Gasteiger partial charge in [-0.3, -0.25) is 0 Å². The van der Waals surface area contributed by atoms with Crippen LogP contribution < -0.4 is 4.74 Å². The summed E-state index contributed by atoms with van der Waals surface area (Å²) in [4.78, 5) is 0. The number of benzene rings is 1. The first-order valence-corrected chi connectivity index (χ1v) is 14.7. The lowest BCUT2D eigenvalue weighted by molar-refractivity contribution is 0.0613. The fourth-order valence-corrected chi connectivity index (χ4v) is 7.71. The van der Waals surface area contributed by atoms with Crippen molar-refractivity contribution < 1.29 is 9.13 Å². The van der Waals surface area contributed by atoms with Crippen LogP contribution in [0.3, 0.4) is 0 Å². The summed E-state index contributed by atoms with van der Waals surface area (Å²) in [7, 11) is 0. The Bertz CT molecular complexity index is 749. The van der Waals surface area contributed by atoms with Gasteiger partial charge in [0.25, 0.3) is 0 Å². The van der Waals surface area contributed by atoms with Gasteiger partial charge in [0.1, 0.15) is 6.61 Å². The van der Waals surface area contributed by atoms with E-state index in [0.29, 0.717) is 18.3 Å². The van der Waals surface area contributed by atoms with Crippen LogP contribution in [0.25, 0.3) is 0 Å². The lowest BCUT2D eigenvalue weighted by Crippen LogP contribution is -2.34. The minimum Gasteiger partial charge on any atom is -0.486 e. The molecule has 1 aromatic carbocycles. The summed E-state index contributed by atoms with van der Waals surface area (Å²) in [5, 5.41) is 0. The lowest BCUT2D eigenvalue weighted by Gasteiger charge is -2.45. The van der Waals surface area contributed by atoms with Gasteiger partial charge in [-0.05, 0) is 111 Å². The van der Waals surface area contributed by atoms with Gasteiger partial charge in [-0.15, -0.1) is 0 Å². The van der Waals surface area contributed by atoms with Crippen LogP contribution in [0.15, 0.2) is 30.9 Å². The Labute approximate surface area is 208 Å². The van der Waals surface area contributed by atoms with Crippen molar-refractivity contribution in [3.8, 4) is 5.75 Å². The van der Waals surface area contributed by atoms with E-state index >= 15 is 0 Å². The van der Waals surface area contributed by atoms with Gasteiger partial charge in [0, 0.05) is 0 Å². The molecule has 0 heterocycles. The Balaban J connectivity index is 1.19. The van der Waals surface area contributed by atoms with Crippen molar-refractivity contribution in [1.82, 2.24) is 0 Å². The first-order chi connectivity index (χ1) is 16.7. The summed E-state index contributed by atoms with van der Waals surface area (Å²) in [5.74, 6) is 5.59. The van der Waals surface area contributed by atoms with Gasteiger partial charge in [0.15, 0.2) is 11.6 Å². The van der Waals surface area contributed by atoms with E-state index in [1.807, 2.05) is 6.07 Å². The van der Waals surface area contributed by atoms with Gasteiger partial charge in [-0.25, -0.2) is 4.39 Å². The van der Waals surface area contributed by atoms with Crippen molar-refractivity contribution in [3.63, 3.8) is 0 Å². The Morgan fingerprint density at radius 2 is 1.53 bits per heavy atom. The second-order valence-corrected chi connectivity index (χ2v) is 11.9. The highest BCUT2D eigenvalue weighted by Crippen LogP contribution is 2.50. The van der Waals surface area contributed by atoms with Crippen LogP contribution in [-0.2, 0) is 0 Å². The number of hydrogen-bond donors (Lipinski definition) is 0. The van der Waals surface area contributed by atoms with E-state index in [1.54, 1.807) is 12.1 Å². The molecule has 0 bridgehead atoms. The third-order valence-corrected chi connectivity index (χ3v) is 9.70. The molecular weight excluding hydrogens is 419 g/mol. The third-order valence-electron chi connectivity index (χ3n) is 9.70. The molecule has 2 heteroatoms. The molecule has 0 radical (unpaired) electrons. The van der Waals surface area contributed by atoms with Crippen LogP contribution in [0.4, 0.5) is 4.39 Å². The number of fused-ring (bicyclic) bond motifs is 1. The van der Waals surface area contributed by atoms with Gasteiger partial charge in [0.05, 0.1) is 0 Å². The van der Waals surface area contributed by atoms with Gasteiger partial charge in [-0.1, -0.05) is 70.6 Å². The Morgan fingerprint density at radius 3 is 2.26 bits per heavy atom. The van der Waals surface area contributed by atoms with E-state index < -0.39 is 0 Å². The summed E-state index contributed by atoms with van der Waals surface area (Å²) in [5.41, 5.74) is 1.17. The Morgan fingerprint density at radius 1 is 0.853 bits per heavy atom. The number of hydrogen-bond acceptors (Lipinski definition) is 1. The molecule has 190 valence electrons. The van der Waals surface area contributed by atoms with Crippen molar-refractivity contribution in [1.29, 1.82) is 0 Å². The zero-order valence-electron chi connectivity index (χ0n) is 21.8. The van der Waals surface area contributed by atoms with Gasteiger partial charge >= 0.3 is 0 Å². The monoisotopic (exact) mass is 468 g/mol. The minimum atomic E-state index is -0.226. The van der Waals surface area contributed by atoms with Crippen LogP contribution in [-0.4, -0.2) is 6.61 Å². The maximum absolute atomic E-state index is 14.4. The number of unbranched alkanes of at least 4 members (excludes halogenated alkanes) is 4. The van der Waals surface area contributed by atoms with Crippen LogP contribution in [0, 0.1) is 35.4 Å². The molecule has 0 N–H and O–H groups in total. The molecule has 1 aromatic rings. The quantitative estimate of drug-likeness (QED) is 0.232. The summed E-state index contributed by atoms with van der Waals surface area (Å²) in [6.07, 6.45) is 24.5. The van der Waals surface area contributed by atoms with Gasteiger partial charge < -0.3 is 4.74 Å². The van der Waals surface area contributed by atoms with Crippen molar-refractivity contribution >= 4 is 0 Å². The minimum absolute atomic E-state index is 0.226. The first kappa shape index (κ1) is 25.8. The molecule has 4 unspecified atom stereocenters. The molecule has 34 heavy (non-hydrogen) atoms. The van der Waals surface area contributed by atoms with Gasteiger partial charge in [-0.2, -0.15) is 0 Å². The molecule has 3 saturated carbocycles. The van der Waals surface area contributed by atoms with E-state index in [4.69, 9.17) is 4.74 Å². The molecule has 0 spiro atoms. The SMILES string of the molecule is C=CCOc1ccc(C2CCC(C3CCC4CC(CCCCCCC)CCC4C3)CC2)cc1F. The molecule has 0 aliphatic heterocycles. The predicted molar refractivity (Wildman–Crippen MR) is 142 cm³/mol. The number of halogens is 1. The topological polar surface area (TPSA) is 9.23 Å². The largest absolute Gasteiger partial charge is 0.486 e. The number of rotatable bonds is 11. The third kappa shape index (κ3) is 6.88. The van der Waals surface area contributed by atoms with E-state index in [-0.39, 0.29) is 5.82 Å². The summed E-state index contributed by atoms with van der Waals surface area (Å²) >= 11 is 0. The van der Waals surface area contributed by atoms with E-state index in [0.717, 1.165) is 29.6 Å². The highest BCUT2D eigenvalue weighted by Gasteiger charge is 2.38. The maximum atomic E-state index is 14.4. The molecule has 0 aromatic heterocycles. The fraction of sp³-hybridized carbons (Fsp3) is 0.750. The normalized spacial score (nSPS) is 31.6.